The van der Waals surface area contributed by atoms with E-state index >= 15 is 0 Å². The minimum Gasteiger partial charge on any atom is -0.373 e. The van der Waals surface area contributed by atoms with Crippen molar-refractivity contribution in [2.45, 2.75) is 13.2 Å². The molecule has 18 heavy (non-hydrogen) atoms. The first-order valence-electron chi connectivity index (χ1n) is 5.81. The molecule has 6 heteroatoms. The fraction of sp³-hybridized carbons (Fsp3) is 0.333. The maximum Gasteiger partial charge on any atom is 0.274 e. The average Bonchev–Trinajstić information content (AvgIpc) is 2.77. The zero-order valence-corrected chi connectivity index (χ0v) is 10.1. The number of hydrogen-bond acceptors (Lipinski definition) is 4. The molecule has 1 aliphatic rings. The van der Waals surface area contributed by atoms with Gasteiger partial charge < -0.3 is 14.6 Å². The number of aromatic nitrogens is 3. The Labute approximate surface area is 104 Å². The van der Waals surface area contributed by atoms with Gasteiger partial charge in [0, 0.05) is 19.3 Å². The minimum absolute atomic E-state index is 0.0697. The van der Waals surface area contributed by atoms with Gasteiger partial charge >= 0.3 is 0 Å². The van der Waals surface area contributed by atoms with E-state index in [9.17, 15) is 4.79 Å². The number of aryl methyl sites for hydroxylation is 1. The third-order valence-corrected chi connectivity index (χ3v) is 2.95. The zero-order valence-electron chi connectivity index (χ0n) is 10.1. The first-order chi connectivity index (χ1) is 8.74. The second-order valence-electron chi connectivity index (χ2n) is 4.26. The third-order valence-electron chi connectivity index (χ3n) is 2.95. The molecule has 2 aromatic heterocycles. The Bertz CT molecular complexity index is 606. The van der Waals surface area contributed by atoms with Crippen LogP contribution < -0.4 is 10.9 Å². The van der Waals surface area contributed by atoms with Crippen molar-refractivity contribution in [2.75, 3.05) is 11.9 Å². The number of hydrogen-bond donors (Lipinski definition) is 1. The summed E-state index contributed by atoms with van der Waals surface area (Å²) in [7, 11) is 1.72. The van der Waals surface area contributed by atoms with Crippen molar-refractivity contribution in [3.8, 4) is 0 Å². The van der Waals surface area contributed by atoms with Crippen LogP contribution >= 0.6 is 0 Å². The molecule has 1 aliphatic heterocycles. The summed E-state index contributed by atoms with van der Waals surface area (Å²) >= 11 is 0. The molecule has 0 radical (unpaired) electrons. The van der Waals surface area contributed by atoms with Gasteiger partial charge in [0.05, 0.1) is 25.5 Å². The van der Waals surface area contributed by atoms with Crippen LogP contribution in [0, 0.1) is 0 Å². The lowest BCUT2D eigenvalue weighted by Gasteiger charge is -2.12. The van der Waals surface area contributed by atoms with E-state index in [1.54, 1.807) is 19.3 Å². The van der Waals surface area contributed by atoms with E-state index < -0.39 is 0 Å². The van der Waals surface area contributed by atoms with Gasteiger partial charge in [-0.2, -0.15) is 5.10 Å². The van der Waals surface area contributed by atoms with Gasteiger partial charge in [0.15, 0.2) is 5.82 Å². The van der Waals surface area contributed by atoms with E-state index in [-0.39, 0.29) is 5.56 Å². The van der Waals surface area contributed by atoms with Crippen LogP contribution in [0.5, 0.6) is 0 Å². The summed E-state index contributed by atoms with van der Waals surface area (Å²) in [5, 5.41) is 7.44. The van der Waals surface area contributed by atoms with E-state index in [0.29, 0.717) is 24.7 Å². The molecule has 0 aromatic carbocycles. The van der Waals surface area contributed by atoms with Crippen molar-refractivity contribution in [1.29, 1.82) is 0 Å². The van der Waals surface area contributed by atoms with Gasteiger partial charge in [-0.1, -0.05) is 0 Å². The lowest BCUT2D eigenvalue weighted by Crippen LogP contribution is -2.19. The molecule has 0 unspecified atom stereocenters. The molecule has 0 bridgehead atoms. The minimum atomic E-state index is -0.0697. The van der Waals surface area contributed by atoms with Gasteiger partial charge in [0.25, 0.3) is 5.56 Å². The smallest absolute Gasteiger partial charge is 0.274 e. The normalized spacial score (nSPS) is 14.3. The van der Waals surface area contributed by atoms with Crippen LogP contribution in [0.4, 0.5) is 11.5 Å². The predicted molar refractivity (Wildman–Crippen MR) is 66.8 cm³/mol. The molecule has 0 amide bonds. The first-order valence-corrected chi connectivity index (χ1v) is 5.81. The SMILES string of the molecule is Cn1cccc(Nc2cc3n(n2)CCOC3)c1=O. The fourth-order valence-electron chi connectivity index (χ4n) is 1.98. The Morgan fingerprint density at radius 3 is 3.22 bits per heavy atom. The number of rotatable bonds is 2. The highest BCUT2D eigenvalue weighted by atomic mass is 16.5. The molecule has 0 saturated carbocycles. The fourth-order valence-corrected chi connectivity index (χ4v) is 1.98. The summed E-state index contributed by atoms with van der Waals surface area (Å²) in [4.78, 5) is 11.9. The number of pyridine rings is 1. The summed E-state index contributed by atoms with van der Waals surface area (Å²) in [6.07, 6.45) is 1.72. The van der Waals surface area contributed by atoms with Gasteiger partial charge in [0.2, 0.25) is 0 Å². The summed E-state index contributed by atoms with van der Waals surface area (Å²) in [6, 6.07) is 5.48. The van der Waals surface area contributed by atoms with Crippen LogP contribution in [0.2, 0.25) is 0 Å². The Morgan fingerprint density at radius 2 is 2.39 bits per heavy atom. The molecule has 0 saturated heterocycles. The molecular weight excluding hydrogens is 232 g/mol. The number of fused-ring (bicyclic) bond motifs is 1. The molecule has 0 aliphatic carbocycles. The summed E-state index contributed by atoms with van der Waals surface area (Å²) in [6.45, 7) is 2.01. The van der Waals surface area contributed by atoms with Crippen LogP contribution in [0.3, 0.4) is 0 Å². The maximum absolute atomic E-state index is 11.9. The van der Waals surface area contributed by atoms with Crippen molar-refractivity contribution in [3.63, 3.8) is 0 Å². The molecule has 2 aromatic rings. The maximum atomic E-state index is 11.9. The Kier molecular flexibility index (Phi) is 2.64. The van der Waals surface area contributed by atoms with Crippen LogP contribution in [0.25, 0.3) is 0 Å². The number of nitrogens with one attached hydrogen (secondary N) is 1. The van der Waals surface area contributed by atoms with E-state index in [1.165, 1.54) is 4.57 Å². The van der Waals surface area contributed by atoms with Crippen LogP contribution in [0.15, 0.2) is 29.2 Å². The third kappa shape index (κ3) is 1.91. The predicted octanol–water partition coefficient (Wildman–Crippen LogP) is 0.856. The molecule has 0 atom stereocenters. The number of nitrogens with zero attached hydrogens (tertiary/aromatic N) is 3. The monoisotopic (exact) mass is 246 g/mol. The second-order valence-corrected chi connectivity index (χ2v) is 4.26. The van der Waals surface area contributed by atoms with Gasteiger partial charge in [-0.15, -0.1) is 0 Å². The van der Waals surface area contributed by atoms with Crippen LogP contribution in [-0.2, 0) is 24.9 Å². The van der Waals surface area contributed by atoms with Gasteiger partial charge in [0.1, 0.15) is 5.69 Å². The molecule has 0 fully saturated rings. The van der Waals surface area contributed by atoms with Gasteiger partial charge in [-0.25, -0.2) is 0 Å². The van der Waals surface area contributed by atoms with Crippen molar-refractivity contribution in [1.82, 2.24) is 14.3 Å². The van der Waals surface area contributed by atoms with E-state index in [0.717, 1.165) is 12.2 Å². The number of anilines is 2. The largest absolute Gasteiger partial charge is 0.373 e. The quantitative estimate of drug-likeness (QED) is 0.853. The highest BCUT2D eigenvalue weighted by Gasteiger charge is 2.13. The molecular formula is C12H14N4O2. The summed E-state index contributed by atoms with van der Waals surface area (Å²) in [5.41, 5.74) is 1.48. The Balaban J connectivity index is 1.90. The Morgan fingerprint density at radius 1 is 1.50 bits per heavy atom. The highest BCUT2D eigenvalue weighted by molar-refractivity contribution is 5.54. The first kappa shape index (κ1) is 11.0. The van der Waals surface area contributed by atoms with Crippen molar-refractivity contribution >= 4 is 11.5 Å². The van der Waals surface area contributed by atoms with E-state index in [1.807, 2.05) is 16.8 Å². The van der Waals surface area contributed by atoms with Gasteiger partial charge in [-0.05, 0) is 12.1 Å². The topological polar surface area (TPSA) is 61.1 Å². The Hall–Kier alpha value is -2.08. The van der Waals surface area contributed by atoms with Crippen LogP contribution in [-0.4, -0.2) is 21.0 Å². The molecule has 6 nitrogen and oxygen atoms in total. The lowest BCUT2D eigenvalue weighted by molar-refractivity contribution is 0.0801. The summed E-state index contributed by atoms with van der Waals surface area (Å²) < 4.78 is 8.78. The highest BCUT2D eigenvalue weighted by Crippen LogP contribution is 2.16. The van der Waals surface area contributed by atoms with Gasteiger partial charge in [-0.3, -0.25) is 9.48 Å². The molecule has 0 spiro atoms. The molecule has 3 heterocycles. The van der Waals surface area contributed by atoms with Crippen molar-refractivity contribution in [2.24, 2.45) is 7.05 Å². The lowest BCUT2D eigenvalue weighted by atomic mass is 10.3. The molecule has 1 N–H and O–H groups in total. The average molecular weight is 246 g/mol. The molecule has 94 valence electrons. The van der Waals surface area contributed by atoms with E-state index in [2.05, 4.69) is 10.4 Å². The number of ether oxygens (including phenoxy) is 1. The van der Waals surface area contributed by atoms with Crippen LogP contribution in [0.1, 0.15) is 5.69 Å². The standard InChI is InChI=1S/C12H14N4O2/c1-15-4-2-3-10(12(15)17)13-11-7-9-8-18-6-5-16(9)14-11/h2-4,7H,5-6,8H2,1H3,(H,13,14). The molecule has 3 rings (SSSR count). The zero-order chi connectivity index (χ0) is 12.5. The second kappa shape index (κ2) is 4.30. The van der Waals surface area contributed by atoms with E-state index in [4.69, 9.17) is 4.74 Å². The van der Waals surface area contributed by atoms with Crippen molar-refractivity contribution < 1.29 is 4.74 Å². The van der Waals surface area contributed by atoms with Crippen molar-refractivity contribution in [3.05, 3.63) is 40.4 Å². The summed E-state index contributed by atoms with van der Waals surface area (Å²) in [5.74, 6) is 0.679.